The Hall–Kier alpha value is -1.31. The van der Waals surface area contributed by atoms with Gasteiger partial charge in [-0.2, -0.15) is 0 Å². The number of hydrogen-bond acceptors (Lipinski definition) is 1. The van der Waals surface area contributed by atoms with Gasteiger partial charge in [0.15, 0.2) is 0 Å². The minimum absolute atomic E-state index is 0.308. The van der Waals surface area contributed by atoms with E-state index >= 15 is 0 Å². The Morgan fingerprint density at radius 2 is 1.90 bits per heavy atom. The van der Waals surface area contributed by atoms with Crippen molar-refractivity contribution in [2.75, 3.05) is 6.54 Å². The van der Waals surface area contributed by atoms with E-state index in [1.54, 1.807) is 0 Å². The average molecular weight is 271 g/mol. The van der Waals surface area contributed by atoms with E-state index in [4.69, 9.17) is 0 Å². The summed E-state index contributed by atoms with van der Waals surface area (Å²) in [6.45, 7) is 8.01. The van der Waals surface area contributed by atoms with E-state index in [1.807, 2.05) is 30.3 Å². The lowest BCUT2D eigenvalue weighted by Crippen LogP contribution is -2.38. The van der Waals surface area contributed by atoms with Crippen LogP contribution in [0.4, 0.5) is 0 Å². The van der Waals surface area contributed by atoms with Crippen molar-refractivity contribution in [3.63, 3.8) is 0 Å². The second-order valence-corrected chi connectivity index (χ2v) is 7.90. The molecule has 1 aromatic carbocycles. The van der Waals surface area contributed by atoms with Gasteiger partial charge in [0.1, 0.15) is 0 Å². The second-order valence-electron chi connectivity index (χ2n) is 7.90. The number of fused-ring (bicyclic) bond motifs is 2. The van der Waals surface area contributed by atoms with Crippen LogP contribution in [0.3, 0.4) is 0 Å². The molecular weight excluding hydrogens is 246 g/mol. The van der Waals surface area contributed by atoms with E-state index < -0.39 is 0 Å². The lowest BCUT2D eigenvalue weighted by atomic mass is 9.65. The summed E-state index contributed by atoms with van der Waals surface area (Å²) in [6.07, 6.45) is 4.14. The summed E-state index contributed by atoms with van der Waals surface area (Å²) in [5, 5.41) is 0. The molecule has 2 bridgehead atoms. The van der Waals surface area contributed by atoms with Crippen LogP contribution >= 0.6 is 0 Å². The molecule has 1 heterocycles. The molecule has 0 radical (unpaired) electrons. The topological polar surface area (TPSA) is 20.3 Å². The maximum absolute atomic E-state index is 12.6. The first kappa shape index (κ1) is 13.7. The highest BCUT2D eigenvalue weighted by molar-refractivity contribution is 5.79. The molecular formula is C18H25NO. The zero-order chi connectivity index (χ0) is 14.4. The highest BCUT2D eigenvalue weighted by atomic mass is 16.2. The van der Waals surface area contributed by atoms with Gasteiger partial charge in [0, 0.05) is 12.6 Å². The Bertz CT molecular complexity index is 507. The zero-order valence-corrected chi connectivity index (χ0v) is 12.9. The fraction of sp³-hybridized carbons (Fsp3) is 0.611. The van der Waals surface area contributed by atoms with Crippen LogP contribution in [0, 0.1) is 10.8 Å². The van der Waals surface area contributed by atoms with Crippen molar-refractivity contribution in [1.29, 1.82) is 0 Å². The first-order valence-electron chi connectivity index (χ1n) is 7.70. The molecule has 2 aliphatic rings. The smallest absolute Gasteiger partial charge is 0.227 e. The first-order valence-corrected chi connectivity index (χ1v) is 7.70. The minimum Gasteiger partial charge on any atom is -0.339 e. The highest BCUT2D eigenvalue weighted by Crippen LogP contribution is 2.52. The zero-order valence-electron chi connectivity index (χ0n) is 12.9. The van der Waals surface area contributed by atoms with Gasteiger partial charge >= 0.3 is 0 Å². The van der Waals surface area contributed by atoms with Gasteiger partial charge in [0.05, 0.1) is 6.42 Å². The molecule has 2 heteroatoms. The van der Waals surface area contributed by atoms with Crippen molar-refractivity contribution >= 4 is 5.91 Å². The molecule has 0 spiro atoms. The number of likely N-dealkylation sites (tertiary alicyclic amines) is 1. The highest BCUT2D eigenvalue weighted by Gasteiger charge is 2.50. The number of carbonyl (C=O) groups excluding carboxylic acids is 1. The normalized spacial score (nSPS) is 31.4. The fourth-order valence-electron chi connectivity index (χ4n) is 4.62. The minimum atomic E-state index is 0.308. The number of benzene rings is 1. The van der Waals surface area contributed by atoms with E-state index in [1.165, 1.54) is 12.8 Å². The molecule has 1 aliphatic carbocycles. The van der Waals surface area contributed by atoms with Gasteiger partial charge in [0.2, 0.25) is 5.91 Å². The van der Waals surface area contributed by atoms with Crippen LogP contribution in [0.5, 0.6) is 0 Å². The Morgan fingerprint density at radius 1 is 1.20 bits per heavy atom. The lowest BCUT2D eigenvalue weighted by molar-refractivity contribution is -0.131. The molecule has 0 unspecified atom stereocenters. The van der Waals surface area contributed by atoms with Crippen LogP contribution in [-0.2, 0) is 11.2 Å². The van der Waals surface area contributed by atoms with Crippen molar-refractivity contribution in [3.8, 4) is 0 Å². The van der Waals surface area contributed by atoms with Crippen LogP contribution < -0.4 is 0 Å². The van der Waals surface area contributed by atoms with Crippen molar-refractivity contribution in [3.05, 3.63) is 35.9 Å². The molecule has 108 valence electrons. The standard InChI is InChI=1S/C18H25NO/c1-17(2)10-15-11-18(3,12-17)13-19(15)16(20)9-14-7-5-4-6-8-14/h4-8,15H,9-13H2,1-3H3/t15-,18+/m1/s1. The van der Waals surface area contributed by atoms with Gasteiger partial charge < -0.3 is 4.90 Å². The van der Waals surface area contributed by atoms with E-state index in [-0.39, 0.29) is 0 Å². The number of rotatable bonds is 2. The maximum atomic E-state index is 12.6. The molecule has 1 amide bonds. The van der Waals surface area contributed by atoms with Crippen molar-refractivity contribution in [2.24, 2.45) is 10.8 Å². The quantitative estimate of drug-likeness (QED) is 0.804. The predicted molar refractivity (Wildman–Crippen MR) is 81.4 cm³/mol. The lowest BCUT2D eigenvalue weighted by Gasteiger charge is -2.39. The van der Waals surface area contributed by atoms with Gasteiger partial charge in [-0.1, -0.05) is 51.1 Å². The Balaban J connectivity index is 1.74. The van der Waals surface area contributed by atoms with E-state index in [0.717, 1.165) is 18.5 Å². The Kier molecular flexibility index (Phi) is 3.15. The van der Waals surface area contributed by atoms with Crippen LogP contribution in [0.25, 0.3) is 0 Å². The molecule has 1 saturated carbocycles. The number of hydrogen-bond donors (Lipinski definition) is 0. The summed E-state index contributed by atoms with van der Waals surface area (Å²) in [4.78, 5) is 14.8. The third kappa shape index (κ3) is 2.61. The molecule has 3 rings (SSSR count). The van der Waals surface area contributed by atoms with Crippen LogP contribution in [0.2, 0.25) is 0 Å². The molecule has 20 heavy (non-hydrogen) atoms. The van der Waals surface area contributed by atoms with Gasteiger partial charge in [0.25, 0.3) is 0 Å². The van der Waals surface area contributed by atoms with Gasteiger partial charge in [-0.3, -0.25) is 4.79 Å². The summed E-state index contributed by atoms with van der Waals surface area (Å²) < 4.78 is 0. The third-order valence-corrected chi connectivity index (χ3v) is 4.93. The van der Waals surface area contributed by atoms with Crippen molar-refractivity contribution < 1.29 is 4.79 Å². The Morgan fingerprint density at radius 3 is 2.60 bits per heavy atom. The summed E-state index contributed by atoms with van der Waals surface area (Å²) in [5.41, 5.74) is 1.83. The van der Waals surface area contributed by atoms with Crippen LogP contribution in [0.1, 0.15) is 45.6 Å². The fourth-order valence-corrected chi connectivity index (χ4v) is 4.62. The molecule has 2 fully saturated rings. The van der Waals surface area contributed by atoms with Gasteiger partial charge in [-0.15, -0.1) is 0 Å². The predicted octanol–water partition coefficient (Wildman–Crippen LogP) is 3.66. The van der Waals surface area contributed by atoms with E-state index in [2.05, 4.69) is 25.7 Å². The van der Waals surface area contributed by atoms with Crippen LogP contribution in [0.15, 0.2) is 30.3 Å². The number of nitrogens with zero attached hydrogens (tertiary/aromatic N) is 1. The van der Waals surface area contributed by atoms with E-state index in [0.29, 0.717) is 29.2 Å². The second kappa shape index (κ2) is 4.61. The summed E-state index contributed by atoms with van der Waals surface area (Å²) in [6, 6.07) is 10.6. The van der Waals surface area contributed by atoms with Crippen molar-refractivity contribution in [2.45, 2.75) is 52.5 Å². The van der Waals surface area contributed by atoms with Crippen LogP contribution in [-0.4, -0.2) is 23.4 Å². The molecule has 1 aliphatic heterocycles. The Labute approximate surface area is 122 Å². The largest absolute Gasteiger partial charge is 0.339 e. The molecule has 1 saturated heterocycles. The summed E-state index contributed by atoms with van der Waals surface area (Å²) in [5.74, 6) is 0.308. The average Bonchev–Trinajstić information content (AvgIpc) is 2.60. The van der Waals surface area contributed by atoms with Gasteiger partial charge in [-0.25, -0.2) is 0 Å². The third-order valence-electron chi connectivity index (χ3n) is 4.93. The van der Waals surface area contributed by atoms with Crippen molar-refractivity contribution in [1.82, 2.24) is 4.90 Å². The SMILES string of the molecule is CC1(C)C[C@@H]2C[C@](C)(CN2C(=O)Cc2ccccc2)C1. The molecule has 0 aromatic heterocycles. The number of carbonyl (C=O) groups is 1. The van der Waals surface area contributed by atoms with E-state index in [9.17, 15) is 4.79 Å². The summed E-state index contributed by atoms with van der Waals surface area (Å²) in [7, 11) is 0. The molecule has 1 aromatic rings. The first-order chi connectivity index (χ1) is 9.37. The monoisotopic (exact) mass is 271 g/mol. The molecule has 2 atom stereocenters. The molecule has 0 N–H and O–H groups in total. The van der Waals surface area contributed by atoms with Gasteiger partial charge in [-0.05, 0) is 35.7 Å². The summed E-state index contributed by atoms with van der Waals surface area (Å²) >= 11 is 0. The number of amides is 1. The maximum Gasteiger partial charge on any atom is 0.227 e. The molecule has 2 nitrogen and oxygen atoms in total.